The molecule has 8 heteroatoms. The largest absolute Gasteiger partial charge is 0.491 e. The van der Waals surface area contributed by atoms with Gasteiger partial charge < -0.3 is 28.8 Å². The molecule has 0 aromatic heterocycles. The molecule has 322 valence electrons. The molecule has 4 rings (SSSR count). The number of rotatable bonds is 20. The van der Waals surface area contributed by atoms with E-state index in [1.54, 1.807) is 6.92 Å². The Morgan fingerprint density at radius 1 is 0.651 bits per heavy atom. The van der Waals surface area contributed by atoms with Crippen LogP contribution in [0.5, 0.6) is 17.2 Å². The number of carbonyl (C=O) groups is 2. The van der Waals surface area contributed by atoms with Gasteiger partial charge in [-0.05, 0) is 131 Å². The first kappa shape index (κ1) is 48.4. The van der Waals surface area contributed by atoms with Gasteiger partial charge in [0.1, 0.15) is 49.8 Å². The Morgan fingerprint density at radius 3 is 1.60 bits per heavy atom. The lowest BCUT2D eigenvalue weighted by Crippen LogP contribution is -2.26. The molecule has 63 heavy (non-hydrogen) atoms. The lowest BCUT2D eigenvalue weighted by atomic mass is 9.78. The molecule has 0 aliphatic carbocycles. The summed E-state index contributed by atoms with van der Waals surface area (Å²) >= 11 is 0. The van der Waals surface area contributed by atoms with Gasteiger partial charge in [0.2, 0.25) is 0 Å². The molecule has 1 N–H and O–H groups in total. The average Bonchev–Trinajstić information content (AvgIpc) is 3.29. The normalized spacial score (nSPS) is 11.6. The predicted molar refractivity (Wildman–Crippen MR) is 247 cm³/mol. The number of terminal acetylenes is 1. The van der Waals surface area contributed by atoms with Crippen LogP contribution in [0.15, 0.2) is 109 Å². The molecular formula is C55H54O8. The molecule has 2 atom stereocenters. The van der Waals surface area contributed by atoms with Crippen molar-refractivity contribution >= 4 is 11.9 Å². The molecule has 0 bridgehead atoms. The van der Waals surface area contributed by atoms with E-state index in [9.17, 15) is 9.59 Å². The van der Waals surface area contributed by atoms with Crippen LogP contribution in [-0.4, -0.2) is 56.2 Å². The Kier molecular flexibility index (Phi) is 19.1. The van der Waals surface area contributed by atoms with E-state index in [0.717, 1.165) is 23.1 Å². The monoisotopic (exact) mass is 842 g/mol. The lowest BCUT2D eigenvalue weighted by Gasteiger charge is -2.26. The standard InChI is InChI=1S/C55H54O8/c1-8-10-11-12-13-14-15-16-17-18-19-44(40-52(57)63-42(3)41-62-51-34-28-48(29-35-51)54(4,5)45-22-20-43(9-2)21-23-45)53(58)61-39-38-60-50-32-26-47(27-33-50)55(6,7)46-24-30-49(31-25-46)59-37-36-56/h1,18-35,42,44,56H,9,36-41H2,2-7H3/b19-18+. The third kappa shape index (κ3) is 15.6. The first-order valence-electron chi connectivity index (χ1n) is 20.8. The maximum absolute atomic E-state index is 13.3. The molecule has 2 unspecified atom stereocenters. The highest BCUT2D eigenvalue weighted by Crippen LogP contribution is 2.34. The van der Waals surface area contributed by atoms with E-state index in [0.29, 0.717) is 17.2 Å². The van der Waals surface area contributed by atoms with Crippen LogP contribution in [0.1, 0.15) is 75.8 Å². The zero-order valence-electron chi connectivity index (χ0n) is 36.9. The number of aliphatic hydroxyl groups excluding tert-OH is 1. The van der Waals surface area contributed by atoms with Crippen molar-refractivity contribution in [3.63, 3.8) is 0 Å². The van der Waals surface area contributed by atoms with E-state index in [1.807, 2.05) is 72.8 Å². The molecule has 0 fully saturated rings. The summed E-state index contributed by atoms with van der Waals surface area (Å²) in [6.45, 7) is 12.9. The Hall–Kier alpha value is -7.28. The van der Waals surface area contributed by atoms with Crippen LogP contribution in [0.25, 0.3) is 0 Å². The van der Waals surface area contributed by atoms with Crippen LogP contribution in [0.3, 0.4) is 0 Å². The summed E-state index contributed by atoms with van der Waals surface area (Å²) < 4.78 is 28.5. The van der Waals surface area contributed by atoms with Gasteiger partial charge in [-0.1, -0.05) is 107 Å². The highest BCUT2D eigenvalue weighted by Gasteiger charge is 2.26. The molecule has 0 saturated heterocycles. The summed E-state index contributed by atoms with van der Waals surface area (Å²) in [4.78, 5) is 26.3. The second kappa shape index (κ2) is 24.8. The Bertz CT molecular complexity index is 2440. The van der Waals surface area contributed by atoms with Crippen LogP contribution in [0.4, 0.5) is 0 Å². The molecule has 0 amide bonds. The van der Waals surface area contributed by atoms with Crippen molar-refractivity contribution in [2.24, 2.45) is 5.92 Å². The van der Waals surface area contributed by atoms with Gasteiger partial charge in [0, 0.05) is 10.8 Å². The average molecular weight is 843 g/mol. The van der Waals surface area contributed by atoms with Crippen LogP contribution < -0.4 is 14.2 Å². The minimum absolute atomic E-state index is 0.0441. The summed E-state index contributed by atoms with van der Waals surface area (Å²) in [5, 5.41) is 9.02. The molecular weight excluding hydrogens is 789 g/mol. The number of esters is 2. The summed E-state index contributed by atoms with van der Waals surface area (Å²) in [5.74, 6) is 22.1. The van der Waals surface area contributed by atoms with Crippen molar-refractivity contribution in [1.82, 2.24) is 0 Å². The highest BCUT2D eigenvalue weighted by atomic mass is 16.6. The zero-order valence-corrected chi connectivity index (χ0v) is 36.9. The number of benzene rings is 4. The van der Waals surface area contributed by atoms with Gasteiger partial charge in [0.15, 0.2) is 0 Å². The van der Waals surface area contributed by atoms with E-state index in [2.05, 4.69) is 112 Å². The highest BCUT2D eigenvalue weighted by molar-refractivity contribution is 5.81. The fraction of sp³-hybridized carbons (Fsp3) is 0.309. The van der Waals surface area contributed by atoms with Gasteiger partial charge >= 0.3 is 11.9 Å². The van der Waals surface area contributed by atoms with Crippen molar-refractivity contribution < 1.29 is 38.4 Å². The van der Waals surface area contributed by atoms with Crippen molar-refractivity contribution in [1.29, 1.82) is 0 Å². The molecule has 8 nitrogen and oxygen atoms in total. The van der Waals surface area contributed by atoms with Gasteiger partial charge in [0.05, 0.1) is 18.9 Å². The Morgan fingerprint density at radius 2 is 1.11 bits per heavy atom. The van der Waals surface area contributed by atoms with Gasteiger partial charge in [-0.3, -0.25) is 9.59 Å². The topological polar surface area (TPSA) is 101 Å². The molecule has 0 aliphatic heterocycles. The lowest BCUT2D eigenvalue weighted by molar-refractivity contribution is -0.157. The fourth-order valence-corrected chi connectivity index (χ4v) is 6.33. The minimum Gasteiger partial charge on any atom is -0.491 e. The van der Waals surface area contributed by atoms with Crippen molar-refractivity contribution in [3.05, 3.63) is 137 Å². The van der Waals surface area contributed by atoms with Crippen LogP contribution in [-0.2, 0) is 36.3 Å². The van der Waals surface area contributed by atoms with Crippen molar-refractivity contribution in [2.45, 2.75) is 71.3 Å². The quantitative estimate of drug-likeness (QED) is 0.0538. The number of hydrogen-bond acceptors (Lipinski definition) is 8. The maximum atomic E-state index is 13.3. The number of hydrogen-bond donors (Lipinski definition) is 1. The summed E-state index contributed by atoms with van der Waals surface area (Å²) in [5.41, 5.74) is 5.35. The van der Waals surface area contributed by atoms with E-state index in [1.165, 1.54) is 23.3 Å². The van der Waals surface area contributed by atoms with Crippen molar-refractivity contribution in [3.8, 4) is 77.0 Å². The summed E-state index contributed by atoms with van der Waals surface area (Å²) in [7, 11) is 0. The van der Waals surface area contributed by atoms with E-state index in [-0.39, 0.29) is 50.3 Å². The third-order valence-electron chi connectivity index (χ3n) is 10.2. The van der Waals surface area contributed by atoms with Crippen molar-refractivity contribution in [2.75, 3.05) is 33.0 Å². The zero-order chi connectivity index (χ0) is 45.5. The van der Waals surface area contributed by atoms with Crippen LogP contribution >= 0.6 is 0 Å². The van der Waals surface area contributed by atoms with E-state index >= 15 is 0 Å². The van der Waals surface area contributed by atoms with E-state index < -0.39 is 24.0 Å². The number of aryl methyl sites for hydroxylation is 1. The SMILES string of the molecule is C#CC#CC#CC#CC#C/C=C/C(CC(=O)OC(C)COc1ccc(C(C)(C)c2ccc(CC)cc2)cc1)C(=O)OCCOc1ccc(C(C)(C)c2ccc(OCCO)cc2)cc1. The summed E-state index contributed by atoms with van der Waals surface area (Å²) in [6, 6.07) is 32.1. The number of allylic oxidation sites excluding steroid dienone is 1. The smallest absolute Gasteiger partial charge is 0.313 e. The van der Waals surface area contributed by atoms with Gasteiger partial charge in [-0.2, -0.15) is 0 Å². The minimum atomic E-state index is -0.988. The number of carbonyl (C=O) groups excluding carboxylic acids is 2. The first-order chi connectivity index (χ1) is 30.4. The second-order valence-electron chi connectivity index (χ2n) is 15.4. The van der Waals surface area contributed by atoms with Crippen LogP contribution in [0.2, 0.25) is 0 Å². The van der Waals surface area contributed by atoms with Gasteiger partial charge in [-0.25, -0.2) is 0 Å². The molecule has 0 heterocycles. The van der Waals surface area contributed by atoms with Gasteiger partial charge in [-0.15, -0.1) is 6.42 Å². The molecule has 0 radical (unpaired) electrons. The maximum Gasteiger partial charge on any atom is 0.313 e. The Balaban J connectivity index is 1.31. The fourth-order valence-electron chi connectivity index (χ4n) is 6.33. The molecule has 0 aliphatic rings. The van der Waals surface area contributed by atoms with Gasteiger partial charge in [0.25, 0.3) is 0 Å². The third-order valence-corrected chi connectivity index (χ3v) is 10.2. The molecule has 4 aromatic carbocycles. The number of aliphatic hydroxyl groups is 1. The molecule has 0 saturated carbocycles. The number of ether oxygens (including phenoxy) is 5. The predicted octanol–water partition coefficient (Wildman–Crippen LogP) is 8.41. The molecule has 4 aromatic rings. The Labute approximate surface area is 373 Å². The van der Waals surface area contributed by atoms with E-state index in [4.69, 9.17) is 35.2 Å². The second-order valence-corrected chi connectivity index (χ2v) is 15.4. The first-order valence-corrected chi connectivity index (χ1v) is 20.8. The molecule has 0 spiro atoms. The van der Waals surface area contributed by atoms with Crippen LogP contribution in [0, 0.1) is 65.6 Å². The summed E-state index contributed by atoms with van der Waals surface area (Å²) in [6.07, 6.45) is 8.07.